The smallest absolute Gasteiger partial charge is 0.240 e. The molecule has 0 bridgehead atoms. The van der Waals surface area contributed by atoms with E-state index < -0.39 is 10.0 Å². The molecule has 0 unspecified atom stereocenters. The first kappa shape index (κ1) is 15.3. The molecule has 0 fully saturated rings. The zero-order chi connectivity index (χ0) is 15.6. The van der Waals surface area contributed by atoms with E-state index in [1.165, 1.54) is 6.07 Å². The quantitative estimate of drug-likeness (QED) is 0.756. The molecular weight excluding hydrogens is 286 g/mol. The minimum Gasteiger partial charge on any atom is -0.396 e. The molecule has 0 atom stereocenters. The first-order valence-corrected chi connectivity index (χ1v) is 8.12. The summed E-state index contributed by atoms with van der Waals surface area (Å²) in [5.41, 5.74) is 8.59. The SMILES string of the molecule is CC(C)c1ccccc1Nc1cccc(S(N)(=O)=O)c1N. The molecule has 5 N–H and O–H groups in total. The lowest BCUT2D eigenvalue weighted by atomic mass is 10.0. The second kappa shape index (κ2) is 5.75. The van der Waals surface area contributed by atoms with Crippen LogP contribution in [0.25, 0.3) is 0 Å². The Morgan fingerprint density at radius 2 is 1.62 bits per heavy atom. The number of rotatable bonds is 4. The van der Waals surface area contributed by atoms with Gasteiger partial charge in [-0.1, -0.05) is 38.1 Å². The van der Waals surface area contributed by atoms with Gasteiger partial charge in [-0.3, -0.25) is 0 Å². The van der Waals surface area contributed by atoms with Crippen molar-refractivity contribution in [1.82, 2.24) is 0 Å². The van der Waals surface area contributed by atoms with Crippen LogP contribution in [0.5, 0.6) is 0 Å². The third kappa shape index (κ3) is 3.34. The summed E-state index contributed by atoms with van der Waals surface area (Å²) in [7, 11) is -3.84. The van der Waals surface area contributed by atoms with Crippen molar-refractivity contribution in [3.8, 4) is 0 Å². The summed E-state index contributed by atoms with van der Waals surface area (Å²) in [4.78, 5) is -0.0745. The molecule has 21 heavy (non-hydrogen) atoms. The van der Waals surface area contributed by atoms with Crippen molar-refractivity contribution in [1.29, 1.82) is 0 Å². The number of sulfonamides is 1. The molecular formula is C15H19N3O2S. The molecule has 6 heteroatoms. The highest BCUT2D eigenvalue weighted by molar-refractivity contribution is 7.89. The number of hydrogen-bond donors (Lipinski definition) is 3. The van der Waals surface area contributed by atoms with Crippen molar-refractivity contribution in [3.05, 3.63) is 48.0 Å². The van der Waals surface area contributed by atoms with Gasteiger partial charge in [0, 0.05) is 5.69 Å². The van der Waals surface area contributed by atoms with E-state index >= 15 is 0 Å². The highest BCUT2D eigenvalue weighted by atomic mass is 32.2. The molecule has 0 aliphatic rings. The lowest BCUT2D eigenvalue weighted by molar-refractivity contribution is 0.598. The largest absolute Gasteiger partial charge is 0.396 e. The van der Waals surface area contributed by atoms with Crippen molar-refractivity contribution in [2.45, 2.75) is 24.7 Å². The van der Waals surface area contributed by atoms with Crippen molar-refractivity contribution < 1.29 is 8.42 Å². The maximum Gasteiger partial charge on any atom is 0.240 e. The molecule has 2 aromatic rings. The Bertz CT molecular complexity index is 755. The average molecular weight is 305 g/mol. The van der Waals surface area contributed by atoms with Crippen LogP contribution in [0.4, 0.5) is 17.1 Å². The molecule has 0 radical (unpaired) electrons. The first-order valence-electron chi connectivity index (χ1n) is 6.58. The molecule has 0 aliphatic heterocycles. The van der Waals surface area contributed by atoms with Gasteiger partial charge in [0.2, 0.25) is 10.0 Å². The maximum atomic E-state index is 11.5. The average Bonchev–Trinajstić information content (AvgIpc) is 2.40. The van der Waals surface area contributed by atoms with Gasteiger partial charge in [0.1, 0.15) is 4.90 Å². The molecule has 0 aliphatic carbocycles. The molecule has 5 nitrogen and oxygen atoms in total. The summed E-state index contributed by atoms with van der Waals surface area (Å²) in [5, 5.41) is 8.35. The van der Waals surface area contributed by atoms with Gasteiger partial charge in [0.25, 0.3) is 0 Å². The number of para-hydroxylation sites is 2. The van der Waals surface area contributed by atoms with Crippen LogP contribution in [-0.2, 0) is 10.0 Å². The van der Waals surface area contributed by atoms with Crippen LogP contribution in [0.15, 0.2) is 47.4 Å². The minimum atomic E-state index is -3.84. The monoisotopic (exact) mass is 305 g/mol. The topological polar surface area (TPSA) is 98.2 Å². The van der Waals surface area contributed by atoms with Crippen LogP contribution in [0.1, 0.15) is 25.3 Å². The molecule has 112 valence electrons. The fourth-order valence-corrected chi connectivity index (χ4v) is 2.85. The Labute approximate surface area is 125 Å². The van der Waals surface area contributed by atoms with Gasteiger partial charge in [-0.05, 0) is 29.7 Å². The van der Waals surface area contributed by atoms with Crippen LogP contribution < -0.4 is 16.2 Å². The van der Waals surface area contributed by atoms with Crippen molar-refractivity contribution in [2.24, 2.45) is 5.14 Å². The molecule has 0 aromatic heterocycles. The van der Waals surface area contributed by atoms with Gasteiger partial charge in [0.05, 0.1) is 11.4 Å². The van der Waals surface area contributed by atoms with Gasteiger partial charge in [-0.2, -0.15) is 0 Å². The number of hydrogen-bond acceptors (Lipinski definition) is 4. The van der Waals surface area contributed by atoms with E-state index in [4.69, 9.17) is 10.9 Å². The predicted octanol–water partition coefficient (Wildman–Crippen LogP) is 2.78. The molecule has 0 spiro atoms. The number of anilines is 3. The Balaban J connectivity index is 2.47. The molecule has 2 aromatic carbocycles. The van der Waals surface area contributed by atoms with Crippen LogP contribution >= 0.6 is 0 Å². The molecule has 0 amide bonds. The number of primary sulfonamides is 1. The Morgan fingerprint density at radius 3 is 2.24 bits per heavy atom. The zero-order valence-electron chi connectivity index (χ0n) is 12.0. The van der Waals surface area contributed by atoms with E-state index in [1.807, 2.05) is 24.3 Å². The van der Waals surface area contributed by atoms with E-state index in [9.17, 15) is 8.42 Å². The van der Waals surface area contributed by atoms with Gasteiger partial charge in [0.15, 0.2) is 0 Å². The molecule has 0 saturated carbocycles. The lowest BCUT2D eigenvalue weighted by Crippen LogP contribution is -2.15. The highest BCUT2D eigenvalue weighted by Crippen LogP contribution is 2.32. The number of nitrogen functional groups attached to an aromatic ring is 1. The van der Waals surface area contributed by atoms with E-state index in [0.717, 1.165) is 11.3 Å². The lowest BCUT2D eigenvalue weighted by Gasteiger charge is -2.16. The predicted molar refractivity (Wildman–Crippen MR) is 86.0 cm³/mol. The number of benzene rings is 2. The summed E-state index contributed by atoms with van der Waals surface area (Å²) in [5.74, 6) is 0.330. The summed E-state index contributed by atoms with van der Waals surface area (Å²) in [6, 6.07) is 12.5. The maximum absolute atomic E-state index is 11.5. The van der Waals surface area contributed by atoms with E-state index in [-0.39, 0.29) is 10.6 Å². The van der Waals surface area contributed by atoms with Crippen molar-refractivity contribution in [2.75, 3.05) is 11.1 Å². The summed E-state index contributed by atoms with van der Waals surface area (Å²) in [6.45, 7) is 4.18. The summed E-state index contributed by atoms with van der Waals surface area (Å²) >= 11 is 0. The number of nitrogens with two attached hydrogens (primary N) is 2. The van der Waals surface area contributed by atoms with Crippen molar-refractivity contribution >= 4 is 27.1 Å². The van der Waals surface area contributed by atoms with Crippen LogP contribution in [0.2, 0.25) is 0 Å². The van der Waals surface area contributed by atoms with Crippen LogP contribution in [0.3, 0.4) is 0 Å². The third-order valence-corrected chi connectivity index (χ3v) is 4.19. The van der Waals surface area contributed by atoms with E-state index in [1.54, 1.807) is 12.1 Å². The normalized spacial score (nSPS) is 11.6. The Morgan fingerprint density at radius 1 is 1.00 bits per heavy atom. The standard InChI is InChI=1S/C15H19N3O2S/c1-10(2)11-6-3-4-7-12(11)18-13-8-5-9-14(15(13)16)21(17,19)20/h3-10,18H,16H2,1-2H3,(H2,17,19,20). The third-order valence-electron chi connectivity index (χ3n) is 3.22. The number of nitrogens with one attached hydrogen (secondary N) is 1. The van der Waals surface area contributed by atoms with Gasteiger partial charge < -0.3 is 11.1 Å². The summed E-state index contributed by atoms with van der Waals surface area (Å²) < 4.78 is 23.0. The fraction of sp³-hybridized carbons (Fsp3) is 0.200. The van der Waals surface area contributed by atoms with Gasteiger partial charge >= 0.3 is 0 Å². The molecule has 2 rings (SSSR count). The molecule has 0 saturated heterocycles. The second-order valence-electron chi connectivity index (χ2n) is 5.13. The summed E-state index contributed by atoms with van der Waals surface area (Å²) in [6.07, 6.45) is 0. The van der Waals surface area contributed by atoms with Gasteiger partial charge in [-0.15, -0.1) is 0 Å². The van der Waals surface area contributed by atoms with Crippen molar-refractivity contribution in [3.63, 3.8) is 0 Å². The zero-order valence-corrected chi connectivity index (χ0v) is 12.8. The Kier molecular flexibility index (Phi) is 4.20. The Hall–Kier alpha value is -2.05. The second-order valence-corrected chi connectivity index (χ2v) is 6.66. The van der Waals surface area contributed by atoms with E-state index in [0.29, 0.717) is 11.6 Å². The van der Waals surface area contributed by atoms with Crippen LogP contribution in [0, 0.1) is 0 Å². The van der Waals surface area contributed by atoms with Crippen LogP contribution in [-0.4, -0.2) is 8.42 Å². The van der Waals surface area contributed by atoms with Gasteiger partial charge in [-0.25, -0.2) is 13.6 Å². The first-order chi connectivity index (χ1) is 9.80. The molecule has 0 heterocycles. The minimum absolute atomic E-state index is 0.0745. The highest BCUT2D eigenvalue weighted by Gasteiger charge is 2.15. The van der Waals surface area contributed by atoms with E-state index in [2.05, 4.69) is 19.2 Å². The fourth-order valence-electron chi connectivity index (χ4n) is 2.16.